The Kier molecular flexibility index (Phi) is 2.51. The number of hydrogen-bond donors (Lipinski definition) is 1. The predicted molar refractivity (Wildman–Crippen MR) is 53.4 cm³/mol. The normalized spacial score (nSPS) is 9.33. The second-order valence-corrected chi connectivity index (χ2v) is 2.45. The molecule has 0 spiro atoms. The summed E-state index contributed by atoms with van der Waals surface area (Å²) in [6.07, 6.45) is 3.48. The summed E-state index contributed by atoms with van der Waals surface area (Å²) >= 11 is 0. The molecule has 0 aliphatic heterocycles. The summed E-state index contributed by atoms with van der Waals surface area (Å²) < 4.78 is 0. The van der Waals surface area contributed by atoms with Crippen LogP contribution in [0.15, 0.2) is 36.7 Å². The van der Waals surface area contributed by atoms with Gasteiger partial charge in [0.1, 0.15) is 0 Å². The number of aromatic nitrogens is 1. The lowest BCUT2D eigenvalue weighted by Crippen LogP contribution is -1.87. The van der Waals surface area contributed by atoms with E-state index in [1.54, 1.807) is 6.20 Å². The Balaban J connectivity index is 0.000000720. The molecular formula is C9H9ClN2. The zero-order chi connectivity index (χ0) is 7.68. The number of rotatable bonds is 0. The molecule has 12 heavy (non-hydrogen) atoms. The number of anilines is 1. The topological polar surface area (TPSA) is 38.9 Å². The molecule has 0 aliphatic rings. The van der Waals surface area contributed by atoms with Crippen LogP contribution in [0.1, 0.15) is 0 Å². The van der Waals surface area contributed by atoms with Crippen molar-refractivity contribution in [1.29, 1.82) is 0 Å². The summed E-state index contributed by atoms with van der Waals surface area (Å²) in [6, 6.07) is 7.94. The third kappa shape index (κ3) is 1.34. The second kappa shape index (κ2) is 3.41. The Morgan fingerprint density at radius 3 is 2.58 bits per heavy atom. The van der Waals surface area contributed by atoms with Crippen molar-refractivity contribution in [2.45, 2.75) is 0 Å². The van der Waals surface area contributed by atoms with E-state index in [2.05, 4.69) is 4.98 Å². The summed E-state index contributed by atoms with van der Waals surface area (Å²) in [4.78, 5) is 3.99. The van der Waals surface area contributed by atoms with Crippen LogP contribution in [0.25, 0.3) is 10.8 Å². The van der Waals surface area contributed by atoms with Gasteiger partial charge in [-0.1, -0.05) is 24.3 Å². The van der Waals surface area contributed by atoms with Crippen LogP contribution in [0, 0.1) is 0 Å². The van der Waals surface area contributed by atoms with Gasteiger partial charge in [0.2, 0.25) is 0 Å². The van der Waals surface area contributed by atoms with Gasteiger partial charge in [-0.25, -0.2) is 0 Å². The Morgan fingerprint density at radius 2 is 1.83 bits per heavy atom. The fraction of sp³-hybridized carbons (Fsp3) is 0. The molecule has 2 aromatic rings. The van der Waals surface area contributed by atoms with E-state index in [4.69, 9.17) is 5.73 Å². The highest BCUT2D eigenvalue weighted by molar-refractivity contribution is 5.91. The van der Waals surface area contributed by atoms with Crippen molar-refractivity contribution in [2.75, 3.05) is 5.73 Å². The van der Waals surface area contributed by atoms with Crippen molar-refractivity contribution in [1.82, 2.24) is 4.98 Å². The van der Waals surface area contributed by atoms with Crippen LogP contribution < -0.4 is 5.73 Å². The van der Waals surface area contributed by atoms with Crippen molar-refractivity contribution in [2.24, 2.45) is 0 Å². The van der Waals surface area contributed by atoms with E-state index < -0.39 is 0 Å². The Hall–Kier alpha value is -1.28. The van der Waals surface area contributed by atoms with Gasteiger partial charge in [-0.15, -0.1) is 12.4 Å². The molecule has 0 fully saturated rings. The lowest BCUT2D eigenvalue weighted by atomic mass is 10.1. The van der Waals surface area contributed by atoms with E-state index in [9.17, 15) is 0 Å². The number of benzene rings is 1. The molecule has 0 atom stereocenters. The SMILES string of the molecule is Cl.Nc1cncc2ccccc12. The van der Waals surface area contributed by atoms with Crippen molar-refractivity contribution in [3.63, 3.8) is 0 Å². The average Bonchev–Trinajstić information content (AvgIpc) is 2.06. The minimum atomic E-state index is 0. The lowest BCUT2D eigenvalue weighted by Gasteiger charge is -1.98. The molecule has 0 amide bonds. The molecule has 0 unspecified atom stereocenters. The van der Waals surface area contributed by atoms with Gasteiger partial charge in [-0.3, -0.25) is 4.98 Å². The van der Waals surface area contributed by atoms with Gasteiger partial charge < -0.3 is 5.73 Å². The maximum atomic E-state index is 5.69. The minimum absolute atomic E-state index is 0. The quantitative estimate of drug-likeness (QED) is 0.676. The molecule has 2 rings (SSSR count). The molecule has 0 radical (unpaired) electrons. The summed E-state index contributed by atoms with van der Waals surface area (Å²) in [6.45, 7) is 0. The van der Waals surface area contributed by atoms with Crippen LogP contribution in [-0.2, 0) is 0 Å². The van der Waals surface area contributed by atoms with Crippen molar-refractivity contribution < 1.29 is 0 Å². The van der Waals surface area contributed by atoms with E-state index in [0.29, 0.717) is 0 Å². The van der Waals surface area contributed by atoms with Crippen LogP contribution in [-0.4, -0.2) is 4.98 Å². The molecular weight excluding hydrogens is 172 g/mol. The molecule has 3 heteroatoms. The summed E-state index contributed by atoms with van der Waals surface area (Å²) in [5.41, 5.74) is 6.43. The molecule has 1 aromatic heterocycles. The van der Waals surface area contributed by atoms with Crippen LogP contribution in [0.3, 0.4) is 0 Å². The third-order valence-electron chi connectivity index (χ3n) is 1.70. The van der Waals surface area contributed by atoms with Gasteiger partial charge in [-0.2, -0.15) is 0 Å². The van der Waals surface area contributed by atoms with Gasteiger partial charge in [0.15, 0.2) is 0 Å². The monoisotopic (exact) mass is 180 g/mol. The van der Waals surface area contributed by atoms with E-state index >= 15 is 0 Å². The standard InChI is InChI=1S/C9H8N2.ClH/c10-9-6-11-5-7-3-1-2-4-8(7)9;/h1-6H,10H2;1H. The van der Waals surface area contributed by atoms with E-state index in [0.717, 1.165) is 16.5 Å². The number of pyridine rings is 1. The maximum Gasteiger partial charge on any atom is 0.0580 e. The molecule has 62 valence electrons. The number of nitrogens with zero attached hydrogens (tertiary/aromatic N) is 1. The highest BCUT2D eigenvalue weighted by atomic mass is 35.5. The van der Waals surface area contributed by atoms with E-state index in [-0.39, 0.29) is 12.4 Å². The number of nitrogen functional groups attached to an aromatic ring is 1. The summed E-state index contributed by atoms with van der Waals surface area (Å²) in [7, 11) is 0. The molecule has 1 heterocycles. The largest absolute Gasteiger partial charge is 0.397 e. The second-order valence-electron chi connectivity index (χ2n) is 2.45. The molecule has 1 aromatic carbocycles. The van der Waals surface area contributed by atoms with Crippen molar-refractivity contribution in [3.05, 3.63) is 36.7 Å². The lowest BCUT2D eigenvalue weighted by molar-refractivity contribution is 1.37. The molecule has 2 nitrogen and oxygen atoms in total. The molecule has 0 saturated heterocycles. The van der Waals surface area contributed by atoms with E-state index in [1.807, 2.05) is 30.5 Å². The van der Waals surface area contributed by atoms with E-state index in [1.165, 1.54) is 0 Å². The number of nitrogens with two attached hydrogens (primary N) is 1. The Labute approximate surface area is 76.8 Å². The van der Waals surface area contributed by atoms with Crippen LogP contribution in [0.2, 0.25) is 0 Å². The Morgan fingerprint density at radius 1 is 1.08 bits per heavy atom. The summed E-state index contributed by atoms with van der Waals surface area (Å²) in [5.74, 6) is 0. The van der Waals surface area contributed by atoms with Gasteiger partial charge in [0.05, 0.1) is 11.9 Å². The first-order valence-corrected chi connectivity index (χ1v) is 3.46. The highest BCUT2D eigenvalue weighted by Crippen LogP contribution is 2.17. The smallest absolute Gasteiger partial charge is 0.0580 e. The summed E-state index contributed by atoms with van der Waals surface area (Å²) in [5, 5.41) is 2.16. The minimum Gasteiger partial charge on any atom is -0.397 e. The van der Waals surface area contributed by atoms with Crippen LogP contribution in [0.4, 0.5) is 5.69 Å². The fourth-order valence-electron chi connectivity index (χ4n) is 1.14. The molecule has 0 aliphatic carbocycles. The molecule has 2 N–H and O–H groups in total. The van der Waals surface area contributed by atoms with Crippen LogP contribution >= 0.6 is 12.4 Å². The third-order valence-corrected chi connectivity index (χ3v) is 1.70. The first kappa shape index (κ1) is 8.81. The van der Waals surface area contributed by atoms with Gasteiger partial charge in [-0.05, 0) is 0 Å². The van der Waals surface area contributed by atoms with Gasteiger partial charge in [0.25, 0.3) is 0 Å². The zero-order valence-corrected chi connectivity index (χ0v) is 7.21. The zero-order valence-electron chi connectivity index (χ0n) is 6.40. The maximum absolute atomic E-state index is 5.69. The van der Waals surface area contributed by atoms with Crippen molar-refractivity contribution in [3.8, 4) is 0 Å². The van der Waals surface area contributed by atoms with Gasteiger partial charge in [0, 0.05) is 17.0 Å². The number of halogens is 1. The highest BCUT2D eigenvalue weighted by Gasteiger charge is 1.93. The molecule has 0 bridgehead atoms. The van der Waals surface area contributed by atoms with Crippen LogP contribution in [0.5, 0.6) is 0 Å². The first-order valence-electron chi connectivity index (χ1n) is 3.46. The number of hydrogen-bond acceptors (Lipinski definition) is 2. The fourth-order valence-corrected chi connectivity index (χ4v) is 1.14. The molecule has 0 saturated carbocycles. The number of fused-ring (bicyclic) bond motifs is 1. The predicted octanol–water partition coefficient (Wildman–Crippen LogP) is 2.24. The Bertz CT molecular complexity index is 382. The first-order chi connectivity index (χ1) is 5.38. The average molecular weight is 181 g/mol. The van der Waals surface area contributed by atoms with Gasteiger partial charge >= 0.3 is 0 Å². The van der Waals surface area contributed by atoms with Crippen molar-refractivity contribution >= 4 is 28.9 Å².